The maximum Gasteiger partial charge on any atom is 0.0545 e. The van der Waals surface area contributed by atoms with Crippen LogP contribution in [0.4, 0.5) is 0 Å². The monoisotopic (exact) mass is 223 g/mol. The lowest BCUT2D eigenvalue weighted by Gasteiger charge is -2.52. The van der Waals surface area contributed by atoms with E-state index in [1.165, 1.54) is 38.8 Å². The second-order valence-corrected chi connectivity index (χ2v) is 6.66. The fraction of sp³-hybridized carbons (Fsp3) is 1.00. The van der Waals surface area contributed by atoms with Crippen LogP contribution in [0.5, 0.6) is 0 Å². The SMILES string of the molecule is CC(C)C1CC(N2CCC3(CC2)COC3)C1. The minimum Gasteiger partial charge on any atom is -0.380 e. The fourth-order valence-electron chi connectivity index (χ4n) is 3.52. The summed E-state index contributed by atoms with van der Waals surface area (Å²) in [4.78, 5) is 2.75. The van der Waals surface area contributed by atoms with Crippen molar-refractivity contribution in [3.63, 3.8) is 0 Å². The van der Waals surface area contributed by atoms with Gasteiger partial charge >= 0.3 is 0 Å². The Bertz CT molecular complexity index is 243. The van der Waals surface area contributed by atoms with Gasteiger partial charge in [-0.15, -0.1) is 0 Å². The predicted octanol–water partition coefficient (Wildman–Crippen LogP) is 2.53. The van der Waals surface area contributed by atoms with Gasteiger partial charge in [0.15, 0.2) is 0 Å². The highest BCUT2D eigenvalue weighted by Gasteiger charge is 2.44. The van der Waals surface area contributed by atoms with Gasteiger partial charge in [-0.05, 0) is 50.6 Å². The van der Waals surface area contributed by atoms with Gasteiger partial charge in [0.25, 0.3) is 0 Å². The molecule has 1 aliphatic carbocycles. The first kappa shape index (κ1) is 11.0. The Morgan fingerprint density at radius 3 is 2.19 bits per heavy atom. The van der Waals surface area contributed by atoms with E-state index in [1.54, 1.807) is 0 Å². The molecule has 0 N–H and O–H groups in total. The summed E-state index contributed by atoms with van der Waals surface area (Å²) in [5.41, 5.74) is 0.609. The number of rotatable bonds is 2. The third kappa shape index (κ3) is 1.80. The maximum atomic E-state index is 5.38. The molecule has 0 aromatic rings. The summed E-state index contributed by atoms with van der Waals surface area (Å²) >= 11 is 0. The molecule has 2 saturated heterocycles. The minimum atomic E-state index is 0.609. The molecule has 2 aliphatic heterocycles. The lowest BCUT2D eigenvalue weighted by atomic mass is 9.71. The van der Waals surface area contributed by atoms with Crippen molar-refractivity contribution in [2.75, 3.05) is 26.3 Å². The summed E-state index contributed by atoms with van der Waals surface area (Å²) in [6, 6.07) is 0.922. The number of likely N-dealkylation sites (tertiary alicyclic amines) is 1. The lowest BCUT2D eigenvalue weighted by Crippen LogP contribution is -2.55. The third-order valence-corrected chi connectivity index (χ3v) is 5.28. The molecule has 0 amide bonds. The van der Waals surface area contributed by atoms with E-state index < -0.39 is 0 Å². The van der Waals surface area contributed by atoms with Crippen LogP contribution in [0.3, 0.4) is 0 Å². The molecule has 3 fully saturated rings. The second-order valence-electron chi connectivity index (χ2n) is 6.66. The molecule has 16 heavy (non-hydrogen) atoms. The standard InChI is InChI=1S/C14H25NO/c1-11(2)12-7-13(8-12)15-5-3-14(4-6-15)9-16-10-14/h11-13H,3-10H2,1-2H3. The molecule has 0 unspecified atom stereocenters. The van der Waals surface area contributed by atoms with Crippen LogP contribution in [0.2, 0.25) is 0 Å². The maximum absolute atomic E-state index is 5.38. The van der Waals surface area contributed by atoms with Crippen LogP contribution in [0.25, 0.3) is 0 Å². The van der Waals surface area contributed by atoms with E-state index >= 15 is 0 Å². The first-order chi connectivity index (χ1) is 7.69. The largest absolute Gasteiger partial charge is 0.380 e. The normalized spacial score (nSPS) is 38.4. The molecule has 3 rings (SSSR count). The van der Waals surface area contributed by atoms with Gasteiger partial charge in [0.05, 0.1) is 13.2 Å². The zero-order chi connectivity index (χ0) is 11.2. The predicted molar refractivity (Wildman–Crippen MR) is 65.4 cm³/mol. The van der Waals surface area contributed by atoms with Gasteiger partial charge in [0, 0.05) is 11.5 Å². The highest BCUT2D eigenvalue weighted by molar-refractivity contribution is 4.95. The smallest absolute Gasteiger partial charge is 0.0545 e. The minimum absolute atomic E-state index is 0.609. The lowest BCUT2D eigenvalue weighted by molar-refractivity contribution is -0.147. The number of ether oxygens (including phenoxy) is 1. The van der Waals surface area contributed by atoms with Crippen molar-refractivity contribution in [1.29, 1.82) is 0 Å². The van der Waals surface area contributed by atoms with Crippen molar-refractivity contribution in [1.82, 2.24) is 4.90 Å². The molecule has 0 radical (unpaired) electrons. The van der Waals surface area contributed by atoms with Gasteiger partial charge in [0.1, 0.15) is 0 Å². The first-order valence-electron chi connectivity index (χ1n) is 7.00. The van der Waals surface area contributed by atoms with Gasteiger partial charge in [-0.3, -0.25) is 0 Å². The molecule has 0 aromatic heterocycles. The summed E-state index contributed by atoms with van der Waals surface area (Å²) in [5.74, 6) is 1.90. The third-order valence-electron chi connectivity index (χ3n) is 5.28. The molecule has 2 heterocycles. The van der Waals surface area contributed by atoms with E-state index in [2.05, 4.69) is 18.7 Å². The average Bonchev–Trinajstić information content (AvgIpc) is 2.13. The number of piperidine rings is 1. The van der Waals surface area contributed by atoms with Crippen molar-refractivity contribution in [3.05, 3.63) is 0 Å². The highest BCUT2D eigenvalue weighted by atomic mass is 16.5. The summed E-state index contributed by atoms with van der Waals surface area (Å²) in [6.45, 7) is 9.49. The van der Waals surface area contributed by atoms with E-state index in [4.69, 9.17) is 4.74 Å². The van der Waals surface area contributed by atoms with Gasteiger partial charge in [-0.1, -0.05) is 13.8 Å². The number of hydrogen-bond acceptors (Lipinski definition) is 2. The van der Waals surface area contributed by atoms with Gasteiger partial charge < -0.3 is 9.64 Å². The van der Waals surface area contributed by atoms with Crippen LogP contribution in [-0.2, 0) is 4.74 Å². The topological polar surface area (TPSA) is 12.5 Å². The number of hydrogen-bond donors (Lipinski definition) is 0. The molecule has 1 saturated carbocycles. The molecule has 92 valence electrons. The molecule has 0 atom stereocenters. The Labute approximate surface area is 99.3 Å². The highest BCUT2D eigenvalue weighted by Crippen LogP contribution is 2.43. The molecule has 1 spiro atoms. The average molecular weight is 223 g/mol. The zero-order valence-electron chi connectivity index (χ0n) is 10.7. The Morgan fingerprint density at radius 1 is 1.12 bits per heavy atom. The van der Waals surface area contributed by atoms with Crippen molar-refractivity contribution in [2.24, 2.45) is 17.3 Å². The zero-order valence-corrected chi connectivity index (χ0v) is 10.7. The summed E-state index contributed by atoms with van der Waals surface area (Å²) in [6.07, 6.45) is 5.69. The van der Waals surface area contributed by atoms with Crippen molar-refractivity contribution >= 4 is 0 Å². The molecule has 3 aliphatic rings. The molecule has 0 bridgehead atoms. The van der Waals surface area contributed by atoms with Crippen LogP contribution in [0, 0.1) is 17.3 Å². The van der Waals surface area contributed by atoms with Gasteiger partial charge in [0.2, 0.25) is 0 Å². The van der Waals surface area contributed by atoms with Crippen LogP contribution in [0.1, 0.15) is 39.5 Å². The van der Waals surface area contributed by atoms with E-state index in [-0.39, 0.29) is 0 Å². The van der Waals surface area contributed by atoms with Gasteiger partial charge in [-0.2, -0.15) is 0 Å². The first-order valence-corrected chi connectivity index (χ1v) is 7.00. The van der Waals surface area contributed by atoms with E-state index in [1.807, 2.05) is 0 Å². The Morgan fingerprint density at radius 2 is 1.75 bits per heavy atom. The molecule has 2 nitrogen and oxygen atoms in total. The Balaban J connectivity index is 1.45. The molecule has 2 heteroatoms. The quantitative estimate of drug-likeness (QED) is 0.713. The second kappa shape index (κ2) is 3.99. The van der Waals surface area contributed by atoms with E-state index in [0.717, 1.165) is 31.1 Å². The summed E-state index contributed by atoms with van der Waals surface area (Å²) < 4.78 is 5.38. The van der Waals surface area contributed by atoms with Crippen molar-refractivity contribution in [3.8, 4) is 0 Å². The molecular weight excluding hydrogens is 198 g/mol. The van der Waals surface area contributed by atoms with E-state index in [0.29, 0.717) is 5.41 Å². The van der Waals surface area contributed by atoms with Crippen LogP contribution >= 0.6 is 0 Å². The molecular formula is C14H25NO. The Hall–Kier alpha value is -0.0800. The van der Waals surface area contributed by atoms with Crippen LogP contribution in [0.15, 0.2) is 0 Å². The van der Waals surface area contributed by atoms with Crippen molar-refractivity contribution in [2.45, 2.75) is 45.6 Å². The van der Waals surface area contributed by atoms with Gasteiger partial charge in [-0.25, -0.2) is 0 Å². The Kier molecular flexibility index (Phi) is 2.75. The summed E-state index contributed by atoms with van der Waals surface area (Å²) in [7, 11) is 0. The number of nitrogens with zero attached hydrogens (tertiary/aromatic N) is 1. The molecule has 0 aromatic carbocycles. The van der Waals surface area contributed by atoms with Crippen LogP contribution in [-0.4, -0.2) is 37.2 Å². The van der Waals surface area contributed by atoms with E-state index in [9.17, 15) is 0 Å². The fourth-order valence-corrected chi connectivity index (χ4v) is 3.52. The van der Waals surface area contributed by atoms with Crippen LogP contribution < -0.4 is 0 Å². The summed E-state index contributed by atoms with van der Waals surface area (Å²) in [5, 5.41) is 0. The van der Waals surface area contributed by atoms with Crippen molar-refractivity contribution < 1.29 is 4.74 Å².